The first-order valence-electron chi connectivity index (χ1n) is 5.49. The van der Waals surface area contributed by atoms with Crippen LogP contribution in [-0.2, 0) is 0 Å². The van der Waals surface area contributed by atoms with Gasteiger partial charge in [-0.05, 0) is 38.5 Å². The Morgan fingerprint density at radius 2 is 1.93 bits per heavy atom. The minimum absolute atomic E-state index is 0.308. The molecule has 1 saturated carbocycles. The molecule has 0 aromatic rings. The van der Waals surface area contributed by atoms with Crippen molar-refractivity contribution in [3.05, 3.63) is 24.3 Å². The Labute approximate surface area is 92.4 Å². The summed E-state index contributed by atoms with van der Waals surface area (Å²) in [6, 6.07) is 0. The summed E-state index contributed by atoms with van der Waals surface area (Å²) in [5, 5.41) is 12.4. The highest BCUT2D eigenvalue weighted by atomic mass is 16.4. The second kappa shape index (κ2) is 4.65. The molecule has 84 valence electrons. The van der Waals surface area contributed by atoms with Crippen molar-refractivity contribution in [1.82, 2.24) is 0 Å². The first-order valence-corrected chi connectivity index (χ1v) is 5.49. The SMILES string of the molecule is C=C(C)[C@@H]1C/C(=N/O)C(C)[C@@H](C(=C)C)C1. The molecule has 2 heteroatoms. The van der Waals surface area contributed by atoms with E-state index in [-0.39, 0.29) is 0 Å². The summed E-state index contributed by atoms with van der Waals surface area (Å²) in [7, 11) is 0. The van der Waals surface area contributed by atoms with Crippen LogP contribution in [-0.4, -0.2) is 10.9 Å². The van der Waals surface area contributed by atoms with Crippen molar-refractivity contribution >= 4 is 5.71 Å². The van der Waals surface area contributed by atoms with Gasteiger partial charge in [0.25, 0.3) is 0 Å². The number of nitrogens with zero attached hydrogens (tertiary/aromatic N) is 1. The van der Waals surface area contributed by atoms with E-state index in [0.717, 1.165) is 18.6 Å². The van der Waals surface area contributed by atoms with Crippen LogP contribution in [0.1, 0.15) is 33.6 Å². The molecule has 0 aromatic heterocycles. The van der Waals surface area contributed by atoms with Gasteiger partial charge in [-0.2, -0.15) is 0 Å². The molecule has 1 unspecified atom stereocenters. The van der Waals surface area contributed by atoms with Crippen LogP contribution in [0.2, 0.25) is 0 Å². The lowest BCUT2D eigenvalue weighted by atomic mass is 9.69. The third-order valence-corrected chi connectivity index (χ3v) is 3.58. The Hall–Kier alpha value is -1.05. The average Bonchev–Trinajstić information content (AvgIpc) is 2.17. The number of allylic oxidation sites excluding steroid dienone is 2. The topological polar surface area (TPSA) is 32.6 Å². The van der Waals surface area contributed by atoms with Crippen molar-refractivity contribution in [2.24, 2.45) is 22.9 Å². The molecule has 1 aliphatic carbocycles. The molecule has 0 aliphatic heterocycles. The Morgan fingerprint density at radius 1 is 1.33 bits per heavy atom. The predicted molar refractivity (Wildman–Crippen MR) is 64.2 cm³/mol. The number of hydrogen-bond acceptors (Lipinski definition) is 2. The summed E-state index contributed by atoms with van der Waals surface area (Å²) < 4.78 is 0. The van der Waals surface area contributed by atoms with E-state index in [1.54, 1.807) is 0 Å². The molecule has 1 fully saturated rings. The van der Waals surface area contributed by atoms with E-state index in [0.29, 0.717) is 17.8 Å². The van der Waals surface area contributed by atoms with Crippen molar-refractivity contribution in [2.75, 3.05) is 0 Å². The summed E-state index contributed by atoms with van der Waals surface area (Å²) >= 11 is 0. The lowest BCUT2D eigenvalue weighted by Gasteiger charge is -2.35. The second-order valence-electron chi connectivity index (χ2n) is 4.82. The molecule has 1 N–H and O–H groups in total. The van der Waals surface area contributed by atoms with E-state index in [2.05, 4.69) is 32.2 Å². The van der Waals surface area contributed by atoms with Gasteiger partial charge in [0.1, 0.15) is 0 Å². The average molecular weight is 207 g/mol. The molecule has 0 bridgehead atoms. The fourth-order valence-electron chi connectivity index (χ4n) is 2.40. The number of rotatable bonds is 2. The first-order chi connectivity index (χ1) is 6.97. The third-order valence-electron chi connectivity index (χ3n) is 3.58. The molecule has 0 saturated heterocycles. The van der Waals surface area contributed by atoms with Gasteiger partial charge < -0.3 is 5.21 Å². The van der Waals surface area contributed by atoms with E-state index < -0.39 is 0 Å². The molecule has 1 rings (SSSR count). The Balaban J connectivity index is 2.91. The van der Waals surface area contributed by atoms with Crippen molar-refractivity contribution < 1.29 is 5.21 Å². The third kappa shape index (κ3) is 2.49. The first kappa shape index (κ1) is 12.0. The van der Waals surface area contributed by atoms with Gasteiger partial charge in [0.2, 0.25) is 0 Å². The van der Waals surface area contributed by atoms with Crippen LogP contribution in [0, 0.1) is 17.8 Å². The van der Waals surface area contributed by atoms with E-state index in [9.17, 15) is 0 Å². The fourth-order valence-corrected chi connectivity index (χ4v) is 2.40. The summed E-state index contributed by atoms with van der Waals surface area (Å²) in [5.74, 6) is 1.17. The highest BCUT2D eigenvalue weighted by Gasteiger charge is 2.33. The van der Waals surface area contributed by atoms with Crippen molar-refractivity contribution in [1.29, 1.82) is 0 Å². The quantitative estimate of drug-likeness (QED) is 0.418. The molecule has 1 aliphatic rings. The Kier molecular flexibility index (Phi) is 3.72. The molecule has 15 heavy (non-hydrogen) atoms. The smallest absolute Gasteiger partial charge is 0.0610 e. The summed E-state index contributed by atoms with van der Waals surface area (Å²) in [4.78, 5) is 0. The summed E-state index contributed by atoms with van der Waals surface area (Å²) in [5.41, 5.74) is 3.24. The molecule has 0 heterocycles. The minimum atomic E-state index is 0.308. The number of oxime groups is 1. The maximum Gasteiger partial charge on any atom is 0.0610 e. The molecule has 2 nitrogen and oxygen atoms in total. The van der Waals surface area contributed by atoms with E-state index in [1.165, 1.54) is 11.1 Å². The van der Waals surface area contributed by atoms with Gasteiger partial charge in [0, 0.05) is 5.92 Å². The monoisotopic (exact) mass is 207 g/mol. The van der Waals surface area contributed by atoms with Crippen LogP contribution in [0.5, 0.6) is 0 Å². The zero-order valence-electron chi connectivity index (χ0n) is 9.95. The van der Waals surface area contributed by atoms with Crippen LogP contribution in [0.4, 0.5) is 0 Å². The second-order valence-corrected chi connectivity index (χ2v) is 4.82. The van der Waals surface area contributed by atoms with Crippen molar-refractivity contribution in [3.8, 4) is 0 Å². The van der Waals surface area contributed by atoms with Gasteiger partial charge in [-0.15, -0.1) is 0 Å². The standard InChI is InChI=1S/C13H21NO/c1-8(2)11-6-12(9(3)4)10(5)13(7-11)14-15/h10-12,15H,1,3,6-7H2,2,4-5H3/b14-13-/t10?,11-,12+/m0/s1. The highest BCUT2D eigenvalue weighted by Crippen LogP contribution is 2.38. The maximum absolute atomic E-state index is 8.99. The van der Waals surface area contributed by atoms with Gasteiger partial charge in [-0.25, -0.2) is 0 Å². The van der Waals surface area contributed by atoms with Crippen LogP contribution in [0.3, 0.4) is 0 Å². The molecular formula is C13H21NO. The lowest BCUT2D eigenvalue weighted by molar-refractivity contribution is 0.293. The minimum Gasteiger partial charge on any atom is -0.411 e. The van der Waals surface area contributed by atoms with Crippen molar-refractivity contribution in [3.63, 3.8) is 0 Å². The van der Waals surface area contributed by atoms with E-state index >= 15 is 0 Å². The lowest BCUT2D eigenvalue weighted by Crippen LogP contribution is -2.32. The van der Waals surface area contributed by atoms with Gasteiger partial charge in [-0.1, -0.05) is 36.4 Å². The van der Waals surface area contributed by atoms with Crippen LogP contribution in [0.15, 0.2) is 29.5 Å². The van der Waals surface area contributed by atoms with E-state index in [4.69, 9.17) is 5.21 Å². The zero-order valence-corrected chi connectivity index (χ0v) is 9.95. The van der Waals surface area contributed by atoms with Crippen molar-refractivity contribution in [2.45, 2.75) is 33.6 Å². The fraction of sp³-hybridized carbons (Fsp3) is 0.615. The molecule has 0 spiro atoms. The normalized spacial score (nSPS) is 34.1. The van der Waals surface area contributed by atoms with E-state index in [1.807, 2.05) is 6.92 Å². The largest absolute Gasteiger partial charge is 0.411 e. The predicted octanol–water partition coefficient (Wildman–Crippen LogP) is 3.63. The molecule has 0 amide bonds. The van der Waals surface area contributed by atoms with Crippen LogP contribution >= 0.6 is 0 Å². The summed E-state index contributed by atoms with van der Waals surface area (Å²) in [6.45, 7) is 14.2. The zero-order chi connectivity index (χ0) is 11.6. The van der Waals surface area contributed by atoms with Gasteiger partial charge in [0.15, 0.2) is 0 Å². The maximum atomic E-state index is 8.99. The molecule has 0 radical (unpaired) electrons. The molecular weight excluding hydrogens is 186 g/mol. The molecule has 3 atom stereocenters. The van der Waals surface area contributed by atoms with Crippen LogP contribution < -0.4 is 0 Å². The van der Waals surface area contributed by atoms with Gasteiger partial charge >= 0.3 is 0 Å². The summed E-state index contributed by atoms with van der Waals surface area (Å²) in [6.07, 6.45) is 1.93. The van der Waals surface area contributed by atoms with Gasteiger partial charge in [-0.3, -0.25) is 0 Å². The van der Waals surface area contributed by atoms with Gasteiger partial charge in [0.05, 0.1) is 5.71 Å². The Bertz CT molecular complexity index is 304. The highest BCUT2D eigenvalue weighted by molar-refractivity contribution is 5.87. The number of hydrogen-bond donors (Lipinski definition) is 1. The Morgan fingerprint density at radius 3 is 2.33 bits per heavy atom. The van der Waals surface area contributed by atoms with Crippen LogP contribution in [0.25, 0.3) is 0 Å². The molecule has 0 aromatic carbocycles.